The van der Waals surface area contributed by atoms with E-state index in [4.69, 9.17) is 4.74 Å². The highest BCUT2D eigenvalue weighted by Gasteiger charge is 2.22. The van der Waals surface area contributed by atoms with Crippen molar-refractivity contribution in [1.29, 1.82) is 0 Å². The number of hydrogen-bond acceptors (Lipinski definition) is 3. The summed E-state index contributed by atoms with van der Waals surface area (Å²) < 4.78 is 6.31. The molecular formula is C13H16BrNO2. The molecule has 17 heavy (non-hydrogen) atoms. The summed E-state index contributed by atoms with van der Waals surface area (Å²) in [6, 6.07) is 7.88. The normalized spacial score (nSPS) is 19.8. The molecular weight excluding hydrogens is 282 g/mol. The van der Waals surface area contributed by atoms with Gasteiger partial charge in [-0.1, -0.05) is 28.1 Å². The number of ketones is 1. The highest BCUT2D eigenvalue weighted by Crippen LogP contribution is 2.13. The third-order valence-electron chi connectivity index (χ3n) is 3.09. The van der Waals surface area contributed by atoms with Crippen LogP contribution in [0.15, 0.2) is 28.7 Å². The van der Waals surface area contributed by atoms with E-state index < -0.39 is 0 Å². The van der Waals surface area contributed by atoms with Crippen molar-refractivity contribution in [2.45, 2.75) is 12.5 Å². The average Bonchev–Trinajstić information content (AvgIpc) is 2.83. The van der Waals surface area contributed by atoms with Crippen molar-refractivity contribution in [2.24, 2.45) is 0 Å². The summed E-state index contributed by atoms with van der Waals surface area (Å²) in [5, 5.41) is 0. The Balaban J connectivity index is 1.94. The number of benzene rings is 1. The molecule has 1 atom stereocenters. The maximum atomic E-state index is 12.0. The Morgan fingerprint density at radius 3 is 2.76 bits per heavy atom. The number of halogens is 1. The van der Waals surface area contributed by atoms with Gasteiger partial charge in [0.15, 0.2) is 5.78 Å². The quantitative estimate of drug-likeness (QED) is 0.799. The molecule has 3 nitrogen and oxygen atoms in total. The first-order valence-electron chi connectivity index (χ1n) is 5.73. The Morgan fingerprint density at radius 2 is 2.18 bits per heavy atom. The fourth-order valence-electron chi connectivity index (χ4n) is 1.95. The summed E-state index contributed by atoms with van der Waals surface area (Å²) in [5.74, 6) is 0.159. The van der Waals surface area contributed by atoms with Crippen LogP contribution in [0.25, 0.3) is 0 Å². The van der Waals surface area contributed by atoms with Crippen LogP contribution in [0.5, 0.6) is 0 Å². The van der Waals surface area contributed by atoms with Gasteiger partial charge in [0.05, 0.1) is 13.2 Å². The van der Waals surface area contributed by atoms with Gasteiger partial charge in [-0.25, -0.2) is 0 Å². The molecule has 2 rings (SSSR count). The number of rotatable bonds is 4. The standard InChI is InChI=1S/C13H16BrNO2/c1-15(12-6-7-17-9-12)8-13(16)10-2-4-11(14)5-3-10/h2-5,12H,6-9H2,1H3. The molecule has 0 amide bonds. The zero-order valence-electron chi connectivity index (χ0n) is 9.86. The molecule has 1 aromatic rings. The molecule has 1 unspecified atom stereocenters. The van der Waals surface area contributed by atoms with Gasteiger partial charge in [0.1, 0.15) is 0 Å². The van der Waals surface area contributed by atoms with Gasteiger partial charge in [0, 0.05) is 22.7 Å². The Bertz CT molecular complexity index is 385. The molecule has 1 aromatic carbocycles. The first-order valence-corrected chi connectivity index (χ1v) is 6.53. The van der Waals surface area contributed by atoms with Gasteiger partial charge in [0.25, 0.3) is 0 Å². The van der Waals surface area contributed by atoms with Crippen LogP contribution in [0.3, 0.4) is 0 Å². The van der Waals surface area contributed by atoms with Crippen LogP contribution in [0, 0.1) is 0 Å². The monoisotopic (exact) mass is 297 g/mol. The number of carbonyl (C=O) groups is 1. The summed E-state index contributed by atoms with van der Waals surface area (Å²) >= 11 is 3.36. The first kappa shape index (κ1) is 12.7. The molecule has 0 spiro atoms. The van der Waals surface area contributed by atoms with Crippen LogP contribution in [0.4, 0.5) is 0 Å². The predicted octanol–water partition coefficient (Wildman–Crippen LogP) is 2.35. The molecule has 1 aliphatic heterocycles. The number of hydrogen-bond donors (Lipinski definition) is 0. The molecule has 0 aliphatic carbocycles. The molecule has 1 aliphatic rings. The molecule has 0 saturated carbocycles. The lowest BCUT2D eigenvalue weighted by Gasteiger charge is -2.21. The lowest BCUT2D eigenvalue weighted by molar-refractivity contribution is 0.0907. The zero-order chi connectivity index (χ0) is 12.3. The van der Waals surface area contributed by atoms with Crippen LogP contribution >= 0.6 is 15.9 Å². The number of ether oxygens (including phenoxy) is 1. The van der Waals surface area contributed by atoms with Gasteiger partial charge < -0.3 is 4.74 Å². The highest BCUT2D eigenvalue weighted by atomic mass is 79.9. The molecule has 0 bridgehead atoms. The van der Waals surface area contributed by atoms with E-state index in [2.05, 4.69) is 20.8 Å². The van der Waals surface area contributed by atoms with Crippen molar-refractivity contribution in [3.63, 3.8) is 0 Å². The predicted molar refractivity (Wildman–Crippen MR) is 70.3 cm³/mol. The van der Waals surface area contributed by atoms with Gasteiger partial charge in [-0.2, -0.15) is 0 Å². The average molecular weight is 298 g/mol. The lowest BCUT2D eigenvalue weighted by atomic mass is 10.1. The number of nitrogens with zero attached hydrogens (tertiary/aromatic N) is 1. The molecule has 4 heteroatoms. The Hall–Kier alpha value is -0.710. The molecule has 0 N–H and O–H groups in total. The van der Waals surface area contributed by atoms with Crippen LogP contribution in [-0.2, 0) is 4.74 Å². The Kier molecular flexibility index (Phi) is 4.31. The minimum Gasteiger partial charge on any atom is -0.380 e. The van der Waals surface area contributed by atoms with Crippen molar-refractivity contribution >= 4 is 21.7 Å². The van der Waals surface area contributed by atoms with Gasteiger partial charge in [0.2, 0.25) is 0 Å². The Morgan fingerprint density at radius 1 is 1.47 bits per heavy atom. The lowest BCUT2D eigenvalue weighted by Crippen LogP contribution is -2.36. The van der Waals surface area contributed by atoms with E-state index >= 15 is 0 Å². The zero-order valence-corrected chi connectivity index (χ0v) is 11.4. The van der Waals surface area contributed by atoms with Crippen LogP contribution in [-0.4, -0.2) is 43.5 Å². The van der Waals surface area contributed by atoms with E-state index in [1.807, 2.05) is 31.3 Å². The van der Waals surface area contributed by atoms with Crippen LogP contribution in [0.2, 0.25) is 0 Å². The maximum absolute atomic E-state index is 12.0. The van der Waals surface area contributed by atoms with Crippen molar-refractivity contribution in [3.05, 3.63) is 34.3 Å². The number of carbonyl (C=O) groups excluding carboxylic acids is 1. The van der Waals surface area contributed by atoms with Gasteiger partial charge in [-0.05, 0) is 25.6 Å². The second kappa shape index (κ2) is 5.76. The van der Waals surface area contributed by atoms with E-state index in [-0.39, 0.29) is 5.78 Å². The van der Waals surface area contributed by atoms with Crippen molar-refractivity contribution in [2.75, 3.05) is 26.8 Å². The van der Waals surface area contributed by atoms with Crippen molar-refractivity contribution in [3.8, 4) is 0 Å². The highest BCUT2D eigenvalue weighted by molar-refractivity contribution is 9.10. The number of Topliss-reactive ketones (excluding diaryl/α,β-unsaturated/α-hetero) is 1. The summed E-state index contributed by atoms with van der Waals surface area (Å²) in [4.78, 5) is 14.1. The third-order valence-corrected chi connectivity index (χ3v) is 3.62. The summed E-state index contributed by atoms with van der Waals surface area (Å²) in [7, 11) is 1.98. The van der Waals surface area contributed by atoms with E-state index in [0.29, 0.717) is 12.6 Å². The smallest absolute Gasteiger partial charge is 0.176 e. The second-order valence-corrected chi connectivity index (χ2v) is 5.28. The minimum atomic E-state index is 0.159. The Labute approximate surface area is 110 Å². The van der Waals surface area contributed by atoms with Crippen molar-refractivity contribution in [1.82, 2.24) is 4.90 Å². The largest absolute Gasteiger partial charge is 0.380 e. The van der Waals surface area contributed by atoms with E-state index in [0.717, 1.165) is 29.7 Å². The van der Waals surface area contributed by atoms with Crippen LogP contribution in [0.1, 0.15) is 16.8 Å². The minimum absolute atomic E-state index is 0.159. The fraction of sp³-hybridized carbons (Fsp3) is 0.462. The first-order chi connectivity index (χ1) is 8.16. The molecule has 0 aromatic heterocycles. The maximum Gasteiger partial charge on any atom is 0.176 e. The van der Waals surface area contributed by atoms with Crippen LogP contribution < -0.4 is 0 Å². The van der Waals surface area contributed by atoms with Gasteiger partial charge in [-0.15, -0.1) is 0 Å². The summed E-state index contributed by atoms with van der Waals surface area (Å²) in [6.45, 7) is 2.00. The van der Waals surface area contributed by atoms with Gasteiger partial charge in [-0.3, -0.25) is 9.69 Å². The van der Waals surface area contributed by atoms with Gasteiger partial charge >= 0.3 is 0 Å². The molecule has 1 heterocycles. The summed E-state index contributed by atoms with van der Waals surface area (Å²) in [6.07, 6.45) is 1.02. The van der Waals surface area contributed by atoms with Crippen molar-refractivity contribution < 1.29 is 9.53 Å². The molecule has 1 saturated heterocycles. The topological polar surface area (TPSA) is 29.5 Å². The van der Waals surface area contributed by atoms with E-state index in [9.17, 15) is 4.79 Å². The SMILES string of the molecule is CN(CC(=O)c1ccc(Br)cc1)C1CCOC1. The van der Waals surface area contributed by atoms with E-state index in [1.165, 1.54) is 0 Å². The summed E-state index contributed by atoms with van der Waals surface area (Å²) in [5.41, 5.74) is 0.763. The number of likely N-dealkylation sites (N-methyl/N-ethyl adjacent to an activating group) is 1. The molecule has 0 radical (unpaired) electrons. The third kappa shape index (κ3) is 3.37. The fourth-order valence-corrected chi connectivity index (χ4v) is 2.22. The van der Waals surface area contributed by atoms with E-state index in [1.54, 1.807) is 0 Å². The second-order valence-electron chi connectivity index (χ2n) is 4.36. The molecule has 92 valence electrons. The molecule has 1 fully saturated rings.